The van der Waals surface area contributed by atoms with Gasteiger partial charge in [-0.05, 0) is 31.0 Å². The molecule has 82 valence electrons. The van der Waals surface area contributed by atoms with E-state index in [1.54, 1.807) is 0 Å². The highest BCUT2D eigenvalue weighted by atomic mass is 16.1. The van der Waals surface area contributed by atoms with Gasteiger partial charge in [-0.15, -0.1) is 0 Å². The predicted octanol–water partition coefficient (Wildman–Crippen LogP) is 1.83. The van der Waals surface area contributed by atoms with Crippen molar-refractivity contribution in [1.82, 2.24) is 0 Å². The van der Waals surface area contributed by atoms with Crippen molar-refractivity contribution in [2.45, 2.75) is 13.8 Å². The van der Waals surface area contributed by atoms with Crippen molar-refractivity contribution in [3.63, 3.8) is 0 Å². The van der Waals surface area contributed by atoms with Crippen LogP contribution in [0, 0.1) is 31.1 Å². The molecule has 2 rings (SSSR count). The van der Waals surface area contributed by atoms with E-state index >= 15 is 0 Å². The molecule has 1 saturated heterocycles. The highest BCUT2D eigenvalue weighted by Crippen LogP contribution is 2.26. The molecule has 1 heterocycles. The Morgan fingerprint density at radius 1 is 1.44 bits per heavy atom. The monoisotopic (exact) mass is 214 g/mol. The zero-order valence-corrected chi connectivity index (χ0v) is 9.53. The summed E-state index contributed by atoms with van der Waals surface area (Å²) in [5, 5.41) is 8.83. The van der Waals surface area contributed by atoms with Gasteiger partial charge in [0.15, 0.2) is 5.78 Å². The Bertz CT molecular complexity index is 473. The summed E-state index contributed by atoms with van der Waals surface area (Å²) in [4.78, 5) is 13.5. The van der Waals surface area contributed by atoms with Gasteiger partial charge >= 0.3 is 0 Å². The average molecular weight is 214 g/mol. The highest BCUT2D eigenvalue weighted by molar-refractivity contribution is 5.91. The molecule has 0 amide bonds. The van der Waals surface area contributed by atoms with Crippen LogP contribution in [0.15, 0.2) is 18.2 Å². The molecule has 0 N–H and O–H groups in total. The smallest absolute Gasteiger partial charge is 0.170 e. The lowest BCUT2D eigenvalue weighted by Crippen LogP contribution is -2.21. The summed E-state index contributed by atoms with van der Waals surface area (Å²) in [5.74, 6) is -0.427. The van der Waals surface area contributed by atoms with Gasteiger partial charge in [0.2, 0.25) is 0 Å². The number of carbonyl (C=O) groups is 1. The number of aryl methyl sites for hydroxylation is 1. The van der Waals surface area contributed by atoms with Gasteiger partial charge in [-0.25, -0.2) is 0 Å². The molecular weight excluding hydrogens is 200 g/mol. The van der Waals surface area contributed by atoms with E-state index in [0.29, 0.717) is 13.1 Å². The number of Topliss-reactive ketones (excluding diaryl/α,β-unsaturated/α-hetero) is 1. The summed E-state index contributed by atoms with van der Waals surface area (Å²) >= 11 is 0. The molecule has 1 aliphatic rings. The van der Waals surface area contributed by atoms with Crippen LogP contribution in [0.4, 0.5) is 5.69 Å². The van der Waals surface area contributed by atoms with Crippen molar-refractivity contribution in [2.24, 2.45) is 5.92 Å². The summed E-state index contributed by atoms with van der Waals surface area (Å²) in [6.07, 6.45) is 0. The molecule has 1 atom stereocenters. The van der Waals surface area contributed by atoms with E-state index in [-0.39, 0.29) is 5.78 Å². The van der Waals surface area contributed by atoms with Gasteiger partial charge < -0.3 is 4.90 Å². The normalized spacial score (nSPS) is 19.9. The van der Waals surface area contributed by atoms with E-state index in [1.807, 2.05) is 17.0 Å². The van der Waals surface area contributed by atoms with Crippen molar-refractivity contribution in [3.05, 3.63) is 29.3 Å². The quantitative estimate of drug-likeness (QED) is 0.716. The van der Waals surface area contributed by atoms with Crippen LogP contribution in [0.3, 0.4) is 0 Å². The minimum absolute atomic E-state index is 0.0309. The molecule has 0 radical (unpaired) electrons. The first kappa shape index (κ1) is 10.7. The molecular formula is C13H14N2O. The summed E-state index contributed by atoms with van der Waals surface area (Å²) in [7, 11) is 0. The third kappa shape index (κ3) is 1.67. The average Bonchev–Trinajstić information content (AvgIpc) is 2.63. The maximum Gasteiger partial charge on any atom is 0.170 e. The number of ketones is 1. The largest absolute Gasteiger partial charge is 0.362 e. The minimum atomic E-state index is -0.458. The van der Waals surface area contributed by atoms with Gasteiger partial charge in [-0.1, -0.05) is 12.1 Å². The number of hydrogen-bond donors (Lipinski definition) is 0. The van der Waals surface area contributed by atoms with E-state index in [4.69, 9.17) is 5.26 Å². The van der Waals surface area contributed by atoms with Crippen molar-refractivity contribution in [3.8, 4) is 6.07 Å². The molecule has 1 aromatic carbocycles. The first-order chi connectivity index (χ1) is 7.63. The number of rotatable bonds is 1. The fourth-order valence-corrected chi connectivity index (χ4v) is 2.06. The molecule has 0 aromatic heterocycles. The van der Waals surface area contributed by atoms with Gasteiger partial charge in [0.1, 0.15) is 5.92 Å². The Balaban J connectivity index is 2.31. The third-order valence-corrected chi connectivity index (χ3v) is 3.21. The minimum Gasteiger partial charge on any atom is -0.362 e. The molecule has 0 unspecified atom stereocenters. The van der Waals surface area contributed by atoms with Crippen LogP contribution < -0.4 is 4.90 Å². The van der Waals surface area contributed by atoms with Gasteiger partial charge in [0.25, 0.3) is 0 Å². The number of carbonyl (C=O) groups excluding carboxylic acids is 1. The van der Waals surface area contributed by atoms with Crippen LogP contribution in [-0.4, -0.2) is 18.9 Å². The zero-order chi connectivity index (χ0) is 11.7. The number of hydrogen-bond acceptors (Lipinski definition) is 3. The summed E-state index contributed by atoms with van der Waals surface area (Å²) < 4.78 is 0. The van der Waals surface area contributed by atoms with Crippen LogP contribution in [0.25, 0.3) is 0 Å². The maximum atomic E-state index is 11.5. The SMILES string of the molecule is Cc1cccc(N2CC(=O)[C@@H](C#N)C2)c1C. The maximum absolute atomic E-state index is 11.5. The highest BCUT2D eigenvalue weighted by Gasteiger charge is 2.31. The Kier molecular flexibility index (Phi) is 2.66. The van der Waals surface area contributed by atoms with Gasteiger partial charge in [0.05, 0.1) is 12.6 Å². The van der Waals surface area contributed by atoms with Gasteiger partial charge in [-0.3, -0.25) is 4.79 Å². The second kappa shape index (κ2) is 3.97. The molecule has 3 nitrogen and oxygen atoms in total. The summed E-state index contributed by atoms with van der Waals surface area (Å²) in [6, 6.07) is 8.11. The topological polar surface area (TPSA) is 44.1 Å². The molecule has 1 aromatic rings. The number of anilines is 1. The number of nitriles is 1. The van der Waals surface area contributed by atoms with Crippen LogP contribution >= 0.6 is 0 Å². The van der Waals surface area contributed by atoms with Gasteiger partial charge in [-0.2, -0.15) is 5.26 Å². The Morgan fingerprint density at radius 3 is 2.81 bits per heavy atom. The molecule has 1 aliphatic heterocycles. The van der Waals surface area contributed by atoms with E-state index in [2.05, 4.69) is 26.0 Å². The van der Waals surface area contributed by atoms with Gasteiger partial charge in [0, 0.05) is 12.2 Å². The van der Waals surface area contributed by atoms with Crippen LogP contribution in [0.5, 0.6) is 0 Å². The summed E-state index contributed by atoms with van der Waals surface area (Å²) in [5.41, 5.74) is 3.48. The fraction of sp³-hybridized carbons (Fsp3) is 0.385. The molecule has 0 spiro atoms. The lowest BCUT2D eigenvalue weighted by molar-refractivity contribution is -0.118. The van der Waals surface area contributed by atoms with E-state index < -0.39 is 5.92 Å². The Labute approximate surface area is 95.3 Å². The zero-order valence-electron chi connectivity index (χ0n) is 9.53. The Hall–Kier alpha value is -1.82. The first-order valence-electron chi connectivity index (χ1n) is 5.37. The Morgan fingerprint density at radius 2 is 2.19 bits per heavy atom. The van der Waals surface area contributed by atoms with Crippen LogP contribution in [0.1, 0.15) is 11.1 Å². The third-order valence-electron chi connectivity index (χ3n) is 3.21. The molecule has 0 bridgehead atoms. The predicted molar refractivity (Wildman–Crippen MR) is 62.2 cm³/mol. The van der Waals surface area contributed by atoms with Crippen molar-refractivity contribution in [1.29, 1.82) is 5.26 Å². The number of benzene rings is 1. The molecule has 0 aliphatic carbocycles. The van der Waals surface area contributed by atoms with E-state index in [9.17, 15) is 4.79 Å². The van der Waals surface area contributed by atoms with Crippen LogP contribution in [-0.2, 0) is 4.79 Å². The molecule has 1 fully saturated rings. The lowest BCUT2D eigenvalue weighted by atomic mass is 10.1. The van der Waals surface area contributed by atoms with Crippen molar-refractivity contribution >= 4 is 11.5 Å². The number of nitrogens with zero attached hydrogens (tertiary/aromatic N) is 2. The summed E-state index contributed by atoms with van der Waals surface area (Å²) in [6.45, 7) is 5.00. The second-order valence-electron chi connectivity index (χ2n) is 4.25. The molecule has 3 heteroatoms. The van der Waals surface area contributed by atoms with E-state index in [0.717, 1.165) is 5.69 Å². The lowest BCUT2D eigenvalue weighted by Gasteiger charge is -2.20. The van der Waals surface area contributed by atoms with Crippen molar-refractivity contribution < 1.29 is 4.79 Å². The molecule has 16 heavy (non-hydrogen) atoms. The standard InChI is InChI=1S/C13H14N2O/c1-9-4-3-5-12(10(9)2)15-7-11(6-14)13(16)8-15/h3-5,11H,7-8H2,1-2H3/t11-/m0/s1. The molecule has 0 saturated carbocycles. The van der Waals surface area contributed by atoms with Crippen LogP contribution in [0.2, 0.25) is 0 Å². The van der Waals surface area contributed by atoms with Crippen molar-refractivity contribution in [2.75, 3.05) is 18.0 Å². The van der Waals surface area contributed by atoms with E-state index in [1.165, 1.54) is 11.1 Å². The first-order valence-corrected chi connectivity index (χ1v) is 5.37. The second-order valence-corrected chi connectivity index (χ2v) is 4.25. The fourth-order valence-electron chi connectivity index (χ4n) is 2.06.